The summed E-state index contributed by atoms with van der Waals surface area (Å²) in [6, 6.07) is 15.4. The van der Waals surface area contributed by atoms with Crippen LogP contribution in [0.15, 0.2) is 53.7 Å². The molecule has 0 unspecified atom stereocenters. The predicted octanol–water partition coefficient (Wildman–Crippen LogP) is 5.34. The predicted molar refractivity (Wildman–Crippen MR) is 107 cm³/mol. The molecule has 3 aromatic rings. The molecule has 1 aliphatic rings. The molecule has 0 amide bonds. The zero-order valence-corrected chi connectivity index (χ0v) is 15.6. The first-order valence-corrected chi connectivity index (χ1v) is 10.2. The van der Waals surface area contributed by atoms with Crippen LogP contribution in [0.5, 0.6) is 0 Å². The summed E-state index contributed by atoms with van der Waals surface area (Å²) in [6.45, 7) is 5.57. The smallest absolute Gasteiger partial charge is 0.0762 e. The maximum absolute atomic E-state index is 4.60. The quantitative estimate of drug-likeness (QED) is 0.579. The molecule has 0 atom stereocenters. The van der Waals surface area contributed by atoms with E-state index in [2.05, 4.69) is 63.8 Å². The molecule has 0 spiro atoms. The van der Waals surface area contributed by atoms with E-state index in [1.54, 1.807) is 0 Å². The SMILES string of the molecule is CCn1c(SCc2cc(N3CCCCC3)ccn2)cc2ccccc21. The molecule has 3 nitrogen and oxygen atoms in total. The minimum Gasteiger partial charge on any atom is -0.371 e. The van der Waals surface area contributed by atoms with Crippen LogP contribution in [0.2, 0.25) is 0 Å². The normalized spacial score (nSPS) is 15.0. The molecule has 2 aromatic heterocycles. The molecule has 1 aliphatic heterocycles. The molecular weight excluding hydrogens is 326 g/mol. The van der Waals surface area contributed by atoms with E-state index in [-0.39, 0.29) is 0 Å². The third-order valence-corrected chi connectivity index (χ3v) is 6.05. The summed E-state index contributed by atoms with van der Waals surface area (Å²) in [5.74, 6) is 0.915. The van der Waals surface area contributed by atoms with Crippen LogP contribution in [0.3, 0.4) is 0 Å². The van der Waals surface area contributed by atoms with E-state index < -0.39 is 0 Å². The number of para-hydroxylation sites is 1. The lowest BCUT2D eigenvalue weighted by molar-refractivity contribution is 0.577. The van der Waals surface area contributed by atoms with Gasteiger partial charge >= 0.3 is 0 Å². The monoisotopic (exact) mass is 351 g/mol. The molecule has 25 heavy (non-hydrogen) atoms. The number of fused-ring (bicyclic) bond motifs is 1. The molecule has 0 radical (unpaired) electrons. The first kappa shape index (κ1) is 16.5. The minimum atomic E-state index is 0.915. The van der Waals surface area contributed by atoms with Crippen LogP contribution in [-0.2, 0) is 12.3 Å². The molecule has 4 rings (SSSR count). The molecule has 130 valence electrons. The van der Waals surface area contributed by atoms with Crippen molar-refractivity contribution in [3.05, 3.63) is 54.4 Å². The van der Waals surface area contributed by atoms with E-state index in [4.69, 9.17) is 0 Å². The topological polar surface area (TPSA) is 21.1 Å². The summed E-state index contributed by atoms with van der Waals surface area (Å²) >= 11 is 1.89. The zero-order valence-electron chi connectivity index (χ0n) is 14.8. The zero-order chi connectivity index (χ0) is 17.1. The van der Waals surface area contributed by atoms with E-state index in [0.717, 1.165) is 12.3 Å². The van der Waals surface area contributed by atoms with Gasteiger partial charge in [0.05, 0.1) is 10.7 Å². The highest BCUT2D eigenvalue weighted by Crippen LogP contribution is 2.30. The van der Waals surface area contributed by atoms with Gasteiger partial charge < -0.3 is 9.47 Å². The number of hydrogen-bond donors (Lipinski definition) is 0. The van der Waals surface area contributed by atoms with Crippen molar-refractivity contribution in [1.29, 1.82) is 0 Å². The van der Waals surface area contributed by atoms with Gasteiger partial charge in [-0.25, -0.2) is 0 Å². The average molecular weight is 352 g/mol. The third kappa shape index (κ3) is 3.54. The van der Waals surface area contributed by atoms with Crippen LogP contribution < -0.4 is 4.90 Å². The van der Waals surface area contributed by atoms with E-state index in [0.29, 0.717) is 0 Å². The maximum atomic E-state index is 4.60. The molecule has 0 saturated carbocycles. The van der Waals surface area contributed by atoms with Crippen LogP contribution in [0.25, 0.3) is 10.9 Å². The summed E-state index contributed by atoms with van der Waals surface area (Å²) in [5.41, 5.74) is 3.82. The number of hydrogen-bond acceptors (Lipinski definition) is 3. The molecular formula is C21H25N3S. The fraction of sp³-hybridized carbons (Fsp3) is 0.381. The van der Waals surface area contributed by atoms with Gasteiger partial charge in [0.1, 0.15) is 0 Å². The molecule has 0 N–H and O–H groups in total. The van der Waals surface area contributed by atoms with E-state index >= 15 is 0 Å². The second-order valence-electron chi connectivity index (χ2n) is 6.63. The number of thioether (sulfide) groups is 1. The third-order valence-electron chi connectivity index (χ3n) is 4.98. The van der Waals surface area contributed by atoms with Gasteiger partial charge in [0, 0.05) is 48.2 Å². The van der Waals surface area contributed by atoms with E-state index in [1.807, 2.05) is 18.0 Å². The fourth-order valence-electron chi connectivity index (χ4n) is 3.67. The van der Waals surface area contributed by atoms with E-state index in [9.17, 15) is 0 Å². The number of aryl methyl sites for hydroxylation is 1. The highest BCUT2D eigenvalue weighted by Gasteiger charge is 2.12. The number of piperidine rings is 1. The number of pyridine rings is 1. The summed E-state index contributed by atoms with van der Waals surface area (Å²) in [4.78, 5) is 7.10. The Labute approximate surface area is 154 Å². The second-order valence-corrected chi connectivity index (χ2v) is 7.62. The highest BCUT2D eigenvalue weighted by atomic mass is 32.2. The van der Waals surface area contributed by atoms with Crippen molar-refractivity contribution < 1.29 is 0 Å². The number of aromatic nitrogens is 2. The van der Waals surface area contributed by atoms with Crippen LogP contribution in [-0.4, -0.2) is 22.6 Å². The minimum absolute atomic E-state index is 0.915. The Bertz CT molecular complexity index is 849. The Balaban J connectivity index is 1.51. The van der Waals surface area contributed by atoms with Gasteiger partial charge in [-0.1, -0.05) is 18.2 Å². The van der Waals surface area contributed by atoms with Crippen LogP contribution in [0, 0.1) is 0 Å². The highest BCUT2D eigenvalue weighted by molar-refractivity contribution is 7.98. The second kappa shape index (κ2) is 7.52. The Morgan fingerprint density at radius 2 is 1.88 bits per heavy atom. The van der Waals surface area contributed by atoms with Gasteiger partial charge in [-0.15, -0.1) is 11.8 Å². The summed E-state index contributed by atoms with van der Waals surface area (Å²) < 4.78 is 2.40. The average Bonchev–Trinajstić information content (AvgIpc) is 3.05. The van der Waals surface area contributed by atoms with Crippen molar-refractivity contribution in [2.75, 3.05) is 18.0 Å². The number of rotatable bonds is 5. The lowest BCUT2D eigenvalue weighted by atomic mass is 10.1. The number of anilines is 1. The first-order chi connectivity index (χ1) is 12.3. The van der Waals surface area contributed by atoms with Crippen molar-refractivity contribution in [2.24, 2.45) is 0 Å². The van der Waals surface area contributed by atoms with Crippen molar-refractivity contribution in [3.63, 3.8) is 0 Å². The number of benzene rings is 1. The summed E-state index contributed by atoms with van der Waals surface area (Å²) in [6.07, 6.45) is 5.95. The summed E-state index contributed by atoms with van der Waals surface area (Å²) in [5, 5.41) is 2.65. The van der Waals surface area contributed by atoms with Gasteiger partial charge in [-0.05, 0) is 50.5 Å². The van der Waals surface area contributed by atoms with Gasteiger partial charge in [-0.3, -0.25) is 4.98 Å². The van der Waals surface area contributed by atoms with E-state index in [1.165, 1.54) is 59.7 Å². The van der Waals surface area contributed by atoms with Crippen molar-refractivity contribution in [1.82, 2.24) is 9.55 Å². The Kier molecular flexibility index (Phi) is 4.97. The van der Waals surface area contributed by atoms with Crippen LogP contribution in [0.1, 0.15) is 31.9 Å². The molecule has 4 heteroatoms. The molecule has 1 saturated heterocycles. The van der Waals surface area contributed by atoms with Gasteiger partial charge in [0.15, 0.2) is 0 Å². The lowest BCUT2D eigenvalue weighted by Gasteiger charge is -2.28. The maximum Gasteiger partial charge on any atom is 0.0762 e. The Morgan fingerprint density at radius 1 is 1.04 bits per heavy atom. The van der Waals surface area contributed by atoms with Gasteiger partial charge in [0.25, 0.3) is 0 Å². The van der Waals surface area contributed by atoms with Crippen LogP contribution >= 0.6 is 11.8 Å². The molecule has 0 aliphatic carbocycles. The van der Waals surface area contributed by atoms with Crippen molar-refractivity contribution in [2.45, 2.75) is 43.5 Å². The summed E-state index contributed by atoms with van der Waals surface area (Å²) in [7, 11) is 0. The van der Waals surface area contributed by atoms with Gasteiger partial charge in [0.2, 0.25) is 0 Å². The molecule has 3 heterocycles. The standard InChI is InChI=1S/C21H25N3S/c1-2-24-20-9-5-4-8-17(20)14-21(24)25-16-18-15-19(10-11-22-18)23-12-6-3-7-13-23/h4-5,8-11,14-15H,2-3,6-7,12-13,16H2,1H3. The Hall–Kier alpha value is -1.94. The van der Waals surface area contributed by atoms with Gasteiger partial charge in [-0.2, -0.15) is 0 Å². The fourth-order valence-corrected chi connectivity index (χ4v) is 4.72. The van der Waals surface area contributed by atoms with Crippen LogP contribution in [0.4, 0.5) is 5.69 Å². The Morgan fingerprint density at radius 3 is 2.72 bits per heavy atom. The van der Waals surface area contributed by atoms with Crippen molar-refractivity contribution >= 4 is 28.4 Å². The van der Waals surface area contributed by atoms with Crippen molar-refractivity contribution in [3.8, 4) is 0 Å². The molecule has 0 bridgehead atoms. The number of nitrogens with zero attached hydrogens (tertiary/aromatic N) is 3. The molecule has 1 aromatic carbocycles. The largest absolute Gasteiger partial charge is 0.371 e. The molecule has 1 fully saturated rings. The lowest BCUT2D eigenvalue weighted by Crippen LogP contribution is -2.29. The first-order valence-electron chi connectivity index (χ1n) is 9.26.